The van der Waals surface area contributed by atoms with Crippen molar-refractivity contribution in [1.82, 2.24) is 19.7 Å². The van der Waals surface area contributed by atoms with Gasteiger partial charge in [-0.3, -0.25) is 14.5 Å². The van der Waals surface area contributed by atoms with Crippen LogP contribution in [-0.4, -0.2) is 45.3 Å². The van der Waals surface area contributed by atoms with Crippen LogP contribution in [0.3, 0.4) is 0 Å². The zero-order valence-electron chi connectivity index (χ0n) is 13.6. The topological polar surface area (TPSA) is 60.2 Å². The molecule has 0 radical (unpaired) electrons. The van der Waals surface area contributed by atoms with Crippen LogP contribution in [-0.2, 0) is 13.0 Å². The fourth-order valence-corrected chi connectivity index (χ4v) is 2.75. The third kappa shape index (κ3) is 3.52. The number of carbonyl (C=O) groups is 1. The van der Waals surface area contributed by atoms with Crippen molar-refractivity contribution >= 4 is 5.91 Å². The van der Waals surface area contributed by atoms with Crippen LogP contribution < -0.4 is 4.74 Å². The Balaban J connectivity index is 1.61. The number of ether oxygens (including phenoxy) is 1. The number of fused-ring (bicyclic) bond motifs is 1. The molecule has 1 aliphatic heterocycles. The summed E-state index contributed by atoms with van der Waals surface area (Å²) in [5, 5.41) is 4.44. The molecular weight excluding hydrogens is 292 g/mol. The standard InChI is InChI=1S/C17H22N4O2/c1-3-4-8-20(2)17(22)16-10-13-9-15(12-21(13)19-16)23-14-6-5-7-18-11-14/h5-7,10-11,15H,3-4,8-9,12H2,1-2H3/t15-/m0/s1. The highest BCUT2D eigenvalue weighted by Gasteiger charge is 2.27. The number of unbranched alkanes of at least 4 members (excludes halogenated alkanes) is 1. The molecule has 0 spiro atoms. The smallest absolute Gasteiger partial charge is 0.274 e. The second kappa shape index (κ2) is 6.81. The Kier molecular flexibility index (Phi) is 4.60. The first-order chi connectivity index (χ1) is 11.2. The van der Waals surface area contributed by atoms with Crippen LogP contribution in [0.5, 0.6) is 5.75 Å². The van der Waals surface area contributed by atoms with Gasteiger partial charge in [0, 0.05) is 31.9 Å². The second-order valence-electron chi connectivity index (χ2n) is 5.92. The van der Waals surface area contributed by atoms with Gasteiger partial charge < -0.3 is 9.64 Å². The normalized spacial score (nSPS) is 16.2. The molecule has 6 nitrogen and oxygen atoms in total. The zero-order valence-corrected chi connectivity index (χ0v) is 13.6. The maximum absolute atomic E-state index is 12.3. The van der Waals surface area contributed by atoms with Crippen molar-refractivity contribution in [1.29, 1.82) is 0 Å². The molecule has 1 atom stereocenters. The Hall–Kier alpha value is -2.37. The summed E-state index contributed by atoms with van der Waals surface area (Å²) in [5.74, 6) is 0.754. The van der Waals surface area contributed by atoms with Gasteiger partial charge in [-0.1, -0.05) is 13.3 Å². The van der Waals surface area contributed by atoms with Gasteiger partial charge in [0.25, 0.3) is 5.91 Å². The first-order valence-electron chi connectivity index (χ1n) is 8.06. The van der Waals surface area contributed by atoms with Crippen LogP contribution in [0.15, 0.2) is 30.6 Å². The number of aromatic nitrogens is 3. The summed E-state index contributed by atoms with van der Waals surface area (Å²) in [6, 6.07) is 5.63. The van der Waals surface area contributed by atoms with Gasteiger partial charge in [-0.05, 0) is 24.6 Å². The van der Waals surface area contributed by atoms with E-state index in [1.165, 1.54) is 0 Å². The van der Waals surface area contributed by atoms with E-state index in [1.807, 2.05) is 29.9 Å². The molecule has 2 aromatic rings. The number of hydrogen-bond acceptors (Lipinski definition) is 4. The highest BCUT2D eigenvalue weighted by atomic mass is 16.5. The molecule has 3 heterocycles. The fourth-order valence-electron chi connectivity index (χ4n) is 2.75. The van der Waals surface area contributed by atoms with E-state index < -0.39 is 0 Å². The minimum atomic E-state index is -0.00919. The Bertz CT molecular complexity index is 645. The largest absolute Gasteiger partial charge is 0.486 e. The van der Waals surface area contributed by atoms with E-state index in [2.05, 4.69) is 17.0 Å². The summed E-state index contributed by atoms with van der Waals surface area (Å²) in [5.41, 5.74) is 1.57. The van der Waals surface area contributed by atoms with Crippen LogP contribution in [0, 0.1) is 0 Å². The van der Waals surface area contributed by atoms with Gasteiger partial charge in [-0.15, -0.1) is 0 Å². The van der Waals surface area contributed by atoms with E-state index in [9.17, 15) is 4.79 Å². The molecule has 2 aromatic heterocycles. The maximum Gasteiger partial charge on any atom is 0.274 e. The molecule has 3 rings (SSSR count). The van der Waals surface area contributed by atoms with Crippen LogP contribution in [0.1, 0.15) is 35.9 Å². The first kappa shape index (κ1) is 15.5. The number of hydrogen-bond donors (Lipinski definition) is 0. The van der Waals surface area contributed by atoms with Crippen LogP contribution in [0.2, 0.25) is 0 Å². The summed E-state index contributed by atoms with van der Waals surface area (Å²) in [7, 11) is 1.83. The van der Waals surface area contributed by atoms with Crippen molar-refractivity contribution in [3.05, 3.63) is 42.0 Å². The molecule has 0 aliphatic carbocycles. The number of nitrogens with zero attached hydrogens (tertiary/aromatic N) is 4. The highest BCUT2D eigenvalue weighted by Crippen LogP contribution is 2.21. The van der Waals surface area contributed by atoms with Crippen molar-refractivity contribution in [3.8, 4) is 5.75 Å². The van der Waals surface area contributed by atoms with Crippen molar-refractivity contribution in [3.63, 3.8) is 0 Å². The SMILES string of the molecule is CCCCN(C)C(=O)c1cc2n(n1)C[C@@H](Oc1cccnc1)C2. The summed E-state index contributed by atoms with van der Waals surface area (Å²) in [6.45, 7) is 3.55. The van der Waals surface area contributed by atoms with Crippen molar-refractivity contribution < 1.29 is 9.53 Å². The van der Waals surface area contributed by atoms with E-state index >= 15 is 0 Å². The summed E-state index contributed by atoms with van der Waals surface area (Å²) in [4.78, 5) is 18.1. The summed E-state index contributed by atoms with van der Waals surface area (Å²) < 4.78 is 7.78. The third-order valence-corrected chi connectivity index (χ3v) is 4.03. The van der Waals surface area contributed by atoms with E-state index in [0.717, 1.165) is 37.3 Å². The van der Waals surface area contributed by atoms with Gasteiger partial charge in [-0.2, -0.15) is 5.10 Å². The molecule has 1 amide bonds. The summed E-state index contributed by atoms with van der Waals surface area (Å²) in [6.07, 6.45) is 6.32. The lowest BCUT2D eigenvalue weighted by molar-refractivity contribution is 0.0785. The maximum atomic E-state index is 12.3. The predicted octanol–water partition coefficient (Wildman–Crippen LogP) is 2.15. The Labute approximate surface area is 136 Å². The monoisotopic (exact) mass is 314 g/mol. The van der Waals surface area contributed by atoms with Crippen LogP contribution in [0.25, 0.3) is 0 Å². The molecule has 0 aromatic carbocycles. The quantitative estimate of drug-likeness (QED) is 0.820. The molecule has 1 aliphatic rings. The van der Waals surface area contributed by atoms with Gasteiger partial charge in [0.05, 0.1) is 12.7 Å². The molecule has 0 saturated carbocycles. The van der Waals surface area contributed by atoms with E-state index in [4.69, 9.17) is 4.74 Å². The Morgan fingerprint density at radius 2 is 2.39 bits per heavy atom. The average Bonchev–Trinajstić information content (AvgIpc) is 3.11. The second-order valence-corrected chi connectivity index (χ2v) is 5.92. The average molecular weight is 314 g/mol. The van der Waals surface area contributed by atoms with Crippen LogP contribution in [0.4, 0.5) is 0 Å². The molecule has 0 N–H and O–H groups in total. The molecule has 122 valence electrons. The lowest BCUT2D eigenvalue weighted by atomic mass is 10.2. The minimum Gasteiger partial charge on any atom is -0.486 e. The molecular formula is C17H22N4O2. The van der Waals surface area contributed by atoms with E-state index in [1.54, 1.807) is 17.3 Å². The predicted molar refractivity (Wildman–Crippen MR) is 86.5 cm³/mol. The first-order valence-corrected chi connectivity index (χ1v) is 8.06. The summed E-state index contributed by atoms with van der Waals surface area (Å²) >= 11 is 0. The van der Waals surface area contributed by atoms with Gasteiger partial charge in [0.1, 0.15) is 11.9 Å². The molecule has 0 fully saturated rings. The lowest BCUT2D eigenvalue weighted by Crippen LogP contribution is -2.28. The lowest BCUT2D eigenvalue weighted by Gasteiger charge is -2.15. The molecule has 6 heteroatoms. The van der Waals surface area contributed by atoms with E-state index in [-0.39, 0.29) is 12.0 Å². The van der Waals surface area contributed by atoms with Crippen LogP contribution >= 0.6 is 0 Å². The Morgan fingerprint density at radius 3 is 3.09 bits per heavy atom. The third-order valence-electron chi connectivity index (χ3n) is 4.03. The highest BCUT2D eigenvalue weighted by molar-refractivity contribution is 5.92. The fraction of sp³-hybridized carbons (Fsp3) is 0.471. The minimum absolute atomic E-state index is 0.00919. The van der Waals surface area contributed by atoms with Crippen molar-refractivity contribution in [2.24, 2.45) is 0 Å². The number of pyridine rings is 1. The zero-order chi connectivity index (χ0) is 16.2. The Morgan fingerprint density at radius 1 is 1.52 bits per heavy atom. The van der Waals surface area contributed by atoms with E-state index in [0.29, 0.717) is 12.2 Å². The number of carbonyl (C=O) groups excluding carboxylic acids is 1. The molecule has 0 unspecified atom stereocenters. The molecule has 0 bridgehead atoms. The van der Waals surface area contributed by atoms with Crippen molar-refractivity contribution in [2.75, 3.05) is 13.6 Å². The van der Waals surface area contributed by atoms with Gasteiger partial charge in [-0.25, -0.2) is 0 Å². The number of amides is 1. The van der Waals surface area contributed by atoms with Gasteiger partial charge >= 0.3 is 0 Å². The van der Waals surface area contributed by atoms with Gasteiger partial charge in [0.2, 0.25) is 0 Å². The number of rotatable bonds is 6. The molecule has 23 heavy (non-hydrogen) atoms. The molecule has 0 saturated heterocycles. The van der Waals surface area contributed by atoms with Crippen molar-refractivity contribution in [2.45, 2.75) is 38.8 Å². The van der Waals surface area contributed by atoms with Gasteiger partial charge in [0.15, 0.2) is 5.69 Å².